The summed E-state index contributed by atoms with van der Waals surface area (Å²) in [5, 5.41) is 9.62. The Labute approximate surface area is 133 Å². The zero-order valence-corrected chi connectivity index (χ0v) is 12.9. The normalized spacial score (nSPS) is 10.7. The molecule has 0 aliphatic rings. The molecule has 5 heteroatoms. The van der Waals surface area contributed by atoms with Crippen molar-refractivity contribution in [1.82, 2.24) is 0 Å². The van der Waals surface area contributed by atoms with Crippen molar-refractivity contribution >= 4 is 23.5 Å². The second-order valence-corrected chi connectivity index (χ2v) is 4.89. The number of ether oxygens (including phenoxy) is 2. The average Bonchev–Trinajstić information content (AvgIpc) is 2.52. The van der Waals surface area contributed by atoms with E-state index in [2.05, 4.69) is 0 Å². The van der Waals surface area contributed by atoms with E-state index in [4.69, 9.17) is 21.1 Å². The van der Waals surface area contributed by atoms with Crippen molar-refractivity contribution in [2.24, 2.45) is 0 Å². The molecule has 0 aliphatic heterocycles. The fraction of sp³-hybridized carbons (Fsp3) is 0.118. The number of benzene rings is 2. The topological polar surface area (TPSA) is 55.8 Å². The zero-order valence-electron chi connectivity index (χ0n) is 12.2. The summed E-state index contributed by atoms with van der Waals surface area (Å²) < 4.78 is 10.4. The van der Waals surface area contributed by atoms with Gasteiger partial charge in [-0.25, -0.2) is 0 Å². The summed E-state index contributed by atoms with van der Waals surface area (Å²) in [6, 6.07) is 9.46. The first-order chi connectivity index (χ1) is 10.5. The Hall–Kier alpha value is -2.46. The maximum atomic E-state index is 12.0. The molecule has 0 aromatic heterocycles. The third-order valence-corrected chi connectivity index (χ3v) is 3.32. The number of hydrogen-bond acceptors (Lipinski definition) is 4. The lowest BCUT2D eigenvalue weighted by molar-refractivity contribution is 0.104. The van der Waals surface area contributed by atoms with Gasteiger partial charge in [0.05, 0.1) is 19.2 Å². The molecular formula is C17H15ClO4. The highest BCUT2D eigenvalue weighted by Crippen LogP contribution is 2.36. The first kappa shape index (κ1) is 15.9. The highest BCUT2D eigenvalue weighted by Gasteiger charge is 2.10. The van der Waals surface area contributed by atoms with Crippen LogP contribution >= 0.6 is 11.6 Å². The average molecular weight is 319 g/mol. The number of hydrogen-bond donors (Lipinski definition) is 1. The van der Waals surface area contributed by atoms with Crippen molar-refractivity contribution in [3.63, 3.8) is 0 Å². The van der Waals surface area contributed by atoms with Gasteiger partial charge < -0.3 is 14.6 Å². The number of rotatable bonds is 5. The molecule has 2 aromatic rings. The number of phenolic OH excluding ortho intramolecular Hbond substituents is 1. The van der Waals surface area contributed by atoms with Crippen LogP contribution in [-0.4, -0.2) is 25.1 Å². The van der Waals surface area contributed by atoms with E-state index in [-0.39, 0.29) is 11.5 Å². The summed E-state index contributed by atoms with van der Waals surface area (Å²) in [6.45, 7) is 0. The maximum absolute atomic E-state index is 12.0. The predicted octanol–water partition coefficient (Wildman–Crippen LogP) is 3.96. The Balaban J connectivity index is 2.24. The summed E-state index contributed by atoms with van der Waals surface area (Å²) in [7, 11) is 3.02. The number of halogens is 1. The van der Waals surface area contributed by atoms with Crippen molar-refractivity contribution in [1.29, 1.82) is 0 Å². The minimum Gasteiger partial charge on any atom is -0.508 e. The lowest BCUT2D eigenvalue weighted by Gasteiger charge is -2.10. The third kappa shape index (κ3) is 3.59. The molecule has 0 amide bonds. The molecule has 2 aromatic carbocycles. The molecule has 22 heavy (non-hydrogen) atoms. The van der Waals surface area contributed by atoms with E-state index in [1.807, 2.05) is 0 Å². The highest BCUT2D eigenvalue weighted by atomic mass is 35.5. The molecule has 0 aliphatic carbocycles. The van der Waals surface area contributed by atoms with Crippen molar-refractivity contribution in [3.8, 4) is 17.2 Å². The molecular weight excluding hydrogens is 304 g/mol. The molecule has 0 bridgehead atoms. The molecule has 0 unspecified atom stereocenters. The lowest BCUT2D eigenvalue weighted by Crippen LogP contribution is -1.94. The van der Waals surface area contributed by atoms with Gasteiger partial charge in [0.15, 0.2) is 17.3 Å². The first-order valence-electron chi connectivity index (χ1n) is 6.48. The van der Waals surface area contributed by atoms with Gasteiger partial charge in [-0.1, -0.05) is 17.7 Å². The van der Waals surface area contributed by atoms with E-state index in [9.17, 15) is 9.90 Å². The number of carbonyl (C=O) groups excluding carboxylic acids is 1. The smallest absolute Gasteiger partial charge is 0.185 e. The Kier molecular flexibility index (Phi) is 5.07. The van der Waals surface area contributed by atoms with Gasteiger partial charge in [0.25, 0.3) is 0 Å². The molecule has 1 N–H and O–H groups in total. The zero-order chi connectivity index (χ0) is 16.1. The molecule has 114 valence electrons. The molecule has 0 fully saturated rings. The van der Waals surface area contributed by atoms with Gasteiger partial charge in [0, 0.05) is 5.56 Å². The Bertz CT molecular complexity index is 705. The van der Waals surface area contributed by atoms with Crippen LogP contribution < -0.4 is 9.47 Å². The fourth-order valence-corrected chi connectivity index (χ4v) is 2.22. The maximum Gasteiger partial charge on any atom is 0.185 e. The van der Waals surface area contributed by atoms with Gasteiger partial charge >= 0.3 is 0 Å². The SMILES string of the molecule is COc1cc(/C=C/C(=O)c2ccc(O)cc2)cc(Cl)c1OC. The third-order valence-electron chi connectivity index (χ3n) is 3.03. The second-order valence-electron chi connectivity index (χ2n) is 4.48. The first-order valence-corrected chi connectivity index (χ1v) is 6.86. The van der Waals surface area contributed by atoms with Crippen LogP contribution in [0.1, 0.15) is 15.9 Å². The molecule has 0 heterocycles. The van der Waals surface area contributed by atoms with E-state index >= 15 is 0 Å². The minimum absolute atomic E-state index is 0.118. The van der Waals surface area contributed by atoms with Crippen LogP contribution in [0.3, 0.4) is 0 Å². The molecule has 4 nitrogen and oxygen atoms in total. The van der Waals surface area contributed by atoms with Crippen molar-refractivity contribution in [3.05, 3.63) is 58.6 Å². The monoisotopic (exact) mass is 318 g/mol. The lowest BCUT2D eigenvalue weighted by atomic mass is 10.1. The van der Waals surface area contributed by atoms with Gasteiger partial charge in [-0.05, 0) is 48.0 Å². The number of carbonyl (C=O) groups is 1. The minimum atomic E-state index is -0.175. The largest absolute Gasteiger partial charge is 0.508 e. The predicted molar refractivity (Wildman–Crippen MR) is 86.0 cm³/mol. The van der Waals surface area contributed by atoms with Gasteiger partial charge in [0.2, 0.25) is 0 Å². The van der Waals surface area contributed by atoms with Crippen LogP contribution in [-0.2, 0) is 0 Å². The molecule has 0 radical (unpaired) electrons. The van der Waals surface area contributed by atoms with Crippen molar-refractivity contribution < 1.29 is 19.4 Å². The summed E-state index contributed by atoms with van der Waals surface area (Å²) >= 11 is 6.11. The number of phenols is 1. The van der Waals surface area contributed by atoms with Gasteiger partial charge in [0.1, 0.15) is 5.75 Å². The Morgan fingerprint density at radius 1 is 1.14 bits per heavy atom. The van der Waals surface area contributed by atoms with Crippen LogP contribution in [0.2, 0.25) is 5.02 Å². The van der Waals surface area contributed by atoms with Gasteiger partial charge in [-0.3, -0.25) is 4.79 Å². The van der Waals surface area contributed by atoms with Crippen LogP contribution in [0, 0.1) is 0 Å². The molecule has 0 spiro atoms. The number of aromatic hydroxyl groups is 1. The van der Waals surface area contributed by atoms with Crippen LogP contribution in [0.4, 0.5) is 0 Å². The molecule has 0 saturated heterocycles. The Morgan fingerprint density at radius 2 is 1.82 bits per heavy atom. The number of ketones is 1. The molecule has 2 rings (SSSR count). The summed E-state index contributed by atoms with van der Waals surface area (Å²) in [5.74, 6) is 0.885. The van der Waals surface area contributed by atoms with Crippen molar-refractivity contribution in [2.45, 2.75) is 0 Å². The quantitative estimate of drug-likeness (QED) is 0.669. The molecule has 0 saturated carbocycles. The summed E-state index contributed by atoms with van der Waals surface area (Å²) in [6.07, 6.45) is 3.08. The van der Waals surface area contributed by atoms with Crippen LogP contribution in [0.25, 0.3) is 6.08 Å². The van der Waals surface area contributed by atoms with Crippen LogP contribution in [0.15, 0.2) is 42.5 Å². The standard InChI is InChI=1S/C17H15ClO4/c1-21-16-10-11(9-14(18)17(16)22-2)3-8-15(20)12-4-6-13(19)7-5-12/h3-10,19H,1-2H3/b8-3+. The van der Waals surface area contributed by atoms with Crippen LogP contribution in [0.5, 0.6) is 17.2 Å². The van der Waals surface area contributed by atoms with Gasteiger partial charge in [-0.2, -0.15) is 0 Å². The number of methoxy groups -OCH3 is 2. The van der Waals surface area contributed by atoms with E-state index in [0.29, 0.717) is 22.1 Å². The van der Waals surface area contributed by atoms with E-state index in [1.54, 1.807) is 30.3 Å². The van der Waals surface area contributed by atoms with E-state index in [0.717, 1.165) is 5.56 Å². The van der Waals surface area contributed by atoms with Crippen molar-refractivity contribution in [2.75, 3.05) is 14.2 Å². The fourth-order valence-electron chi connectivity index (χ4n) is 1.93. The van der Waals surface area contributed by atoms with E-state index < -0.39 is 0 Å². The summed E-state index contributed by atoms with van der Waals surface area (Å²) in [4.78, 5) is 12.0. The second kappa shape index (κ2) is 7.00. The summed E-state index contributed by atoms with van der Waals surface area (Å²) in [5.41, 5.74) is 1.20. The van der Waals surface area contributed by atoms with Gasteiger partial charge in [-0.15, -0.1) is 0 Å². The number of allylic oxidation sites excluding steroid dienone is 1. The molecule has 0 atom stereocenters. The Morgan fingerprint density at radius 3 is 2.41 bits per heavy atom. The van der Waals surface area contributed by atoms with E-state index in [1.165, 1.54) is 32.4 Å². The highest BCUT2D eigenvalue weighted by molar-refractivity contribution is 6.32.